The summed E-state index contributed by atoms with van der Waals surface area (Å²) in [5.41, 5.74) is 4.45. The average Bonchev–Trinajstić information content (AvgIpc) is 2.46. The highest BCUT2D eigenvalue weighted by Crippen LogP contribution is 2.26. The van der Waals surface area contributed by atoms with Crippen molar-refractivity contribution in [2.75, 3.05) is 14.2 Å². The molecule has 0 fully saturated rings. The van der Waals surface area contributed by atoms with Crippen LogP contribution in [0.15, 0.2) is 53.7 Å². The Morgan fingerprint density at radius 1 is 0.947 bits per heavy atom. The molecule has 0 radical (unpaired) electrons. The van der Waals surface area contributed by atoms with Crippen molar-refractivity contribution < 1.29 is 9.57 Å². The van der Waals surface area contributed by atoms with Crippen molar-refractivity contribution in [3.05, 3.63) is 59.7 Å². The molecule has 0 spiro atoms. The second-order valence-corrected chi connectivity index (χ2v) is 4.09. The van der Waals surface area contributed by atoms with Crippen molar-refractivity contribution in [2.45, 2.75) is 6.61 Å². The van der Waals surface area contributed by atoms with Gasteiger partial charge in [-0.1, -0.05) is 53.7 Å². The summed E-state index contributed by atoms with van der Waals surface area (Å²) in [6.45, 7) is 0.589. The predicted molar refractivity (Wildman–Crippen MR) is 77.2 cm³/mol. The van der Waals surface area contributed by atoms with E-state index in [1.807, 2.05) is 30.3 Å². The van der Waals surface area contributed by atoms with Crippen molar-refractivity contribution in [1.82, 2.24) is 0 Å². The summed E-state index contributed by atoms with van der Waals surface area (Å²) in [5.74, 6) is 0. The van der Waals surface area contributed by atoms with Gasteiger partial charge in [-0.25, -0.2) is 0 Å². The normalized spacial score (nSPS) is 10.8. The quantitative estimate of drug-likeness (QED) is 0.605. The molecule has 0 aromatic heterocycles. The van der Waals surface area contributed by atoms with Crippen LogP contribution in [0.25, 0.3) is 11.1 Å². The Morgan fingerprint density at radius 2 is 1.63 bits per heavy atom. The van der Waals surface area contributed by atoms with Crippen molar-refractivity contribution in [3.8, 4) is 11.1 Å². The number of rotatable bonds is 5. The Bertz CT molecular complexity index is 564. The van der Waals surface area contributed by atoms with E-state index in [1.54, 1.807) is 13.3 Å². The number of methoxy groups -OCH3 is 1. The molecule has 2 aromatic carbocycles. The van der Waals surface area contributed by atoms with Gasteiger partial charge in [-0.2, -0.15) is 0 Å². The summed E-state index contributed by atoms with van der Waals surface area (Å²) < 4.78 is 5.25. The van der Waals surface area contributed by atoms with Crippen LogP contribution < -0.4 is 0 Å². The van der Waals surface area contributed by atoms with Crippen molar-refractivity contribution in [3.63, 3.8) is 0 Å². The molecule has 0 N–H and O–H groups in total. The van der Waals surface area contributed by atoms with Crippen LogP contribution in [0.1, 0.15) is 11.1 Å². The molecule has 3 heteroatoms. The van der Waals surface area contributed by atoms with E-state index in [0.717, 1.165) is 22.3 Å². The largest absolute Gasteiger partial charge is 0.399 e. The lowest BCUT2D eigenvalue weighted by Gasteiger charge is -2.11. The first-order chi connectivity index (χ1) is 9.36. The van der Waals surface area contributed by atoms with Crippen LogP contribution in [0.3, 0.4) is 0 Å². The highest BCUT2D eigenvalue weighted by Gasteiger charge is 2.07. The summed E-state index contributed by atoms with van der Waals surface area (Å²) in [6.07, 6.45) is 1.72. The molecule has 0 atom stereocenters. The lowest BCUT2D eigenvalue weighted by molar-refractivity contribution is 0.185. The molecule has 0 saturated carbocycles. The topological polar surface area (TPSA) is 30.8 Å². The molecule has 0 saturated heterocycles. The lowest BCUT2D eigenvalue weighted by Crippen LogP contribution is -1.95. The van der Waals surface area contributed by atoms with Crippen LogP contribution in [0, 0.1) is 0 Å². The van der Waals surface area contributed by atoms with Gasteiger partial charge in [0.25, 0.3) is 0 Å². The molecule has 0 aliphatic heterocycles. The number of hydrogen-bond donors (Lipinski definition) is 0. The number of hydrogen-bond acceptors (Lipinski definition) is 3. The number of benzene rings is 2. The molecule has 98 valence electrons. The smallest absolute Gasteiger partial charge is 0.106 e. The minimum absolute atomic E-state index is 0.589. The molecular formula is C16H17NO2. The second-order valence-electron chi connectivity index (χ2n) is 4.09. The van der Waals surface area contributed by atoms with Crippen LogP contribution in [-0.4, -0.2) is 20.4 Å². The highest BCUT2D eigenvalue weighted by molar-refractivity contribution is 5.90. The third-order valence-electron chi connectivity index (χ3n) is 2.87. The van der Waals surface area contributed by atoms with Gasteiger partial charge in [-0.15, -0.1) is 0 Å². The van der Waals surface area contributed by atoms with Crippen LogP contribution >= 0.6 is 0 Å². The maximum absolute atomic E-state index is 5.25. The first kappa shape index (κ1) is 13.3. The lowest BCUT2D eigenvalue weighted by atomic mass is 9.96. The highest BCUT2D eigenvalue weighted by atomic mass is 16.6. The van der Waals surface area contributed by atoms with Crippen molar-refractivity contribution >= 4 is 6.21 Å². The van der Waals surface area contributed by atoms with Crippen LogP contribution in [-0.2, 0) is 16.2 Å². The molecule has 2 rings (SSSR count). The molecule has 0 bridgehead atoms. The second kappa shape index (κ2) is 6.71. The Balaban J connectivity index is 2.49. The summed E-state index contributed by atoms with van der Waals surface area (Å²) >= 11 is 0. The van der Waals surface area contributed by atoms with Gasteiger partial charge in [-0.3, -0.25) is 0 Å². The van der Waals surface area contributed by atoms with E-state index in [-0.39, 0.29) is 0 Å². The Morgan fingerprint density at radius 3 is 2.37 bits per heavy atom. The molecule has 3 nitrogen and oxygen atoms in total. The number of ether oxygens (including phenoxy) is 1. The number of nitrogens with zero attached hydrogens (tertiary/aromatic N) is 1. The fourth-order valence-corrected chi connectivity index (χ4v) is 2.03. The summed E-state index contributed by atoms with van der Waals surface area (Å²) in [4.78, 5) is 4.76. The zero-order valence-electron chi connectivity index (χ0n) is 11.2. The summed E-state index contributed by atoms with van der Waals surface area (Å²) in [5, 5.41) is 3.85. The van der Waals surface area contributed by atoms with Gasteiger partial charge in [0.05, 0.1) is 12.8 Å². The van der Waals surface area contributed by atoms with E-state index in [9.17, 15) is 0 Å². The number of oxime groups is 1. The Kier molecular flexibility index (Phi) is 4.70. The average molecular weight is 255 g/mol. The first-order valence-corrected chi connectivity index (χ1v) is 6.09. The molecule has 19 heavy (non-hydrogen) atoms. The van der Waals surface area contributed by atoms with Gasteiger partial charge in [0.1, 0.15) is 7.11 Å². The molecule has 0 heterocycles. The van der Waals surface area contributed by atoms with Gasteiger partial charge < -0.3 is 9.57 Å². The Hall–Kier alpha value is -2.13. The zero-order valence-corrected chi connectivity index (χ0v) is 11.2. The fourth-order valence-electron chi connectivity index (χ4n) is 2.03. The summed E-state index contributed by atoms with van der Waals surface area (Å²) in [6, 6.07) is 16.3. The maximum Gasteiger partial charge on any atom is 0.106 e. The van der Waals surface area contributed by atoms with E-state index >= 15 is 0 Å². The first-order valence-electron chi connectivity index (χ1n) is 6.09. The molecular weight excluding hydrogens is 238 g/mol. The monoisotopic (exact) mass is 255 g/mol. The maximum atomic E-state index is 5.25. The van der Waals surface area contributed by atoms with Gasteiger partial charge >= 0.3 is 0 Å². The van der Waals surface area contributed by atoms with Crippen molar-refractivity contribution in [2.24, 2.45) is 5.16 Å². The van der Waals surface area contributed by atoms with E-state index in [1.165, 1.54) is 7.11 Å². The van der Waals surface area contributed by atoms with E-state index in [2.05, 4.69) is 23.4 Å². The molecule has 0 aliphatic carbocycles. The van der Waals surface area contributed by atoms with Crippen molar-refractivity contribution in [1.29, 1.82) is 0 Å². The van der Waals surface area contributed by atoms with Gasteiger partial charge in [0.2, 0.25) is 0 Å². The predicted octanol–water partition coefficient (Wildman–Crippen LogP) is 3.48. The molecule has 0 aliphatic rings. The van der Waals surface area contributed by atoms with E-state index in [0.29, 0.717) is 6.61 Å². The van der Waals surface area contributed by atoms with Crippen LogP contribution in [0.5, 0.6) is 0 Å². The molecule has 0 unspecified atom stereocenters. The fraction of sp³-hybridized carbons (Fsp3) is 0.188. The Labute approximate surface area is 113 Å². The SMILES string of the molecule is COCc1ccccc1-c1ccccc1/C=N/OC. The molecule has 2 aromatic rings. The van der Waals surface area contributed by atoms with Gasteiger partial charge in [0.15, 0.2) is 0 Å². The minimum atomic E-state index is 0.589. The minimum Gasteiger partial charge on any atom is -0.399 e. The summed E-state index contributed by atoms with van der Waals surface area (Å²) in [7, 11) is 3.24. The van der Waals surface area contributed by atoms with Crippen LogP contribution in [0.2, 0.25) is 0 Å². The van der Waals surface area contributed by atoms with Gasteiger partial charge in [-0.05, 0) is 16.7 Å². The van der Waals surface area contributed by atoms with Crippen LogP contribution in [0.4, 0.5) is 0 Å². The van der Waals surface area contributed by atoms with Gasteiger partial charge in [0, 0.05) is 12.7 Å². The molecule has 0 amide bonds. The van der Waals surface area contributed by atoms with E-state index in [4.69, 9.17) is 9.57 Å². The standard InChI is InChI=1S/C16H17NO2/c1-18-12-14-8-4-6-10-16(14)15-9-5-3-7-13(15)11-17-19-2/h3-11H,12H2,1-2H3/b17-11+. The van der Waals surface area contributed by atoms with E-state index < -0.39 is 0 Å². The third-order valence-corrected chi connectivity index (χ3v) is 2.87. The zero-order chi connectivity index (χ0) is 13.5. The third kappa shape index (κ3) is 3.20.